The highest BCUT2D eigenvalue weighted by atomic mass is 79.9. The first kappa shape index (κ1) is 14.9. The Morgan fingerprint density at radius 1 is 1.32 bits per heavy atom. The molecule has 19 heavy (non-hydrogen) atoms. The van der Waals surface area contributed by atoms with Crippen LogP contribution in [0, 0.1) is 0 Å². The number of nitrogens with one attached hydrogen (secondary N) is 1. The summed E-state index contributed by atoms with van der Waals surface area (Å²) < 4.78 is 1.22. The zero-order valence-corrected chi connectivity index (χ0v) is 13.8. The number of rotatable bonds is 7. The van der Waals surface area contributed by atoms with Crippen LogP contribution in [0.15, 0.2) is 22.7 Å². The van der Waals surface area contributed by atoms with Crippen LogP contribution in [-0.4, -0.2) is 19.1 Å². The Morgan fingerprint density at radius 2 is 2.00 bits per heavy atom. The third kappa shape index (κ3) is 3.96. The van der Waals surface area contributed by atoms with Crippen molar-refractivity contribution < 1.29 is 0 Å². The second-order valence-corrected chi connectivity index (χ2v) is 6.37. The van der Waals surface area contributed by atoms with Gasteiger partial charge >= 0.3 is 0 Å². The van der Waals surface area contributed by atoms with Crippen molar-refractivity contribution in [1.29, 1.82) is 0 Å². The number of anilines is 1. The summed E-state index contributed by atoms with van der Waals surface area (Å²) in [5.41, 5.74) is 2.66. The number of hydrogen-bond acceptors (Lipinski definition) is 2. The molecule has 0 saturated heterocycles. The lowest BCUT2D eigenvalue weighted by Gasteiger charge is -2.29. The van der Waals surface area contributed by atoms with Gasteiger partial charge in [-0.1, -0.05) is 35.8 Å². The van der Waals surface area contributed by atoms with E-state index >= 15 is 0 Å². The van der Waals surface area contributed by atoms with Gasteiger partial charge in [-0.3, -0.25) is 0 Å². The van der Waals surface area contributed by atoms with Gasteiger partial charge in [0.1, 0.15) is 0 Å². The van der Waals surface area contributed by atoms with Crippen molar-refractivity contribution in [2.24, 2.45) is 0 Å². The molecule has 0 amide bonds. The first-order valence-electron chi connectivity index (χ1n) is 7.40. The van der Waals surface area contributed by atoms with Gasteiger partial charge in [-0.15, -0.1) is 0 Å². The van der Waals surface area contributed by atoms with Crippen LogP contribution in [0.3, 0.4) is 0 Å². The SMILES string of the molecule is CCC(CC)N(C)c1ccc(CNC2CC2)c(Br)c1. The molecule has 1 aliphatic rings. The molecule has 1 aromatic rings. The Kier molecular flexibility index (Phi) is 5.28. The monoisotopic (exact) mass is 324 g/mol. The Morgan fingerprint density at radius 3 is 2.53 bits per heavy atom. The average molecular weight is 325 g/mol. The fourth-order valence-corrected chi connectivity index (χ4v) is 2.99. The molecule has 2 rings (SSSR count). The Hall–Kier alpha value is -0.540. The van der Waals surface area contributed by atoms with Gasteiger partial charge in [0.2, 0.25) is 0 Å². The third-order valence-corrected chi connectivity index (χ3v) is 4.83. The summed E-state index contributed by atoms with van der Waals surface area (Å²) in [4.78, 5) is 2.39. The number of benzene rings is 1. The molecule has 3 heteroatoms. The highest BCUT2D eigenvalue weighted by Crippen LogP contribution is 2.27. The first-order valence-corrected chi connectivity index (χ1v) is 8.19. The summed E-state index contributed by atoms with van der Waals surface area (Å²) in [7, 11) is 2.20. The topological polar surface area (TPSA) is 15.3 Å². The predicted molar refractivity (Wildman–Crippen MR) is 86.8 cm³/mol. The lowest BCUT2D eigenvalue weighted by Crippen LogP contribution is -2.30. The second kappa shape index (κ2) is 6.76. The normalized spacial score (nSPS) is 15.0. The molecule has 1 aromatic carbocycles. The number of halogens is 1. The van der Waals surface area contributed by atoms with Gasteiger partial charge in [-0.05, 0) is 43.4 Å². The van der Waals surface area contributed by atoms with Crippen LogP contribution in [0.2, 0.25) is 0 Å². The van der Waals surface area contributed by atoms with Crippen molar-refractivity contribution in [2.45, 2.75) is 58.2 Å². The molecule has 0 aliphatic heterocycles. The van der Waals surface area contributed by atoms with E-state index in [2.05, 4.69) is 65.2 Å². The molecule has 1 fully saturated rings. The number of hydrogen-bond donors (Lipinski definition) is 1. The Labute approximate surface area is 125 Å². The highest BCUT2D eigenvalue weighted by molar-refractivity contribution is 9.10. The van der Waals surface area contributed by atoms with Crippen molar-refractivity contribution in [2.75, 3.05) is 11.9 Å². The van der Waals surface area contributed by atoms with Gasteiger partial charge < -0.3 is 10.2 Å². The summed E-state index contributed by atoms with van der Waals surface area (Å²) in [6, 6.07) is 8.13. The molecule has 0 unspecified atom stereocenters. The van der Waals surface area contributed by atoms with Gasteiger partial charge in [0, 0.05) is 35.8 Å². The predicted octanol–water partition coefficient (Wildman–Crippen LogP) is 4.33. The van der Waals surface area contributed by atoms with Crippen molar-refractivity contribution in [3.05, 3.63) is 28.2 Å². The second-order valence-electron chi connectivity index (χ2n) is 5.51. The zero-order valence-electron chi connectivity index (χ0n) is 12.2. The minimum atomic E-state index is 0.627. The van der Waals surface area contributed by atoms with Gasteiger partial charge in [0.05, 0.1) is 0 Å². The van der Waals surface area contributed by atoms with Crippen molar-refractivity contribution in [3.8, 4) is 0 Å². The van der Waals surface area contributed by atoms with Gasteiger partial charge in [-0.2, -0.15) is 0 Å². The van der Waals surface area contributed by atoms with Gasteiger partial charge in [0.25, 0.3) is 0 Å². The first-order chi connectivity index (χ1) is 9.15. The maximum absolute atomic E-state index is 3.71. The minimum absolute atomic E-state index is 0.627. The van der Waals surface area contributed by atoms with Crippen LogP contribution in [0.4, 0.5) is 5.69 Å². The molecule has 106 valence electrons. The maximum Gasteiger partial charge on any atom is 0.0377 e. The van der Waals surface area contributed by atoms with Crippen molar-refractivity contribution in [3.63, 3.8) is 0 Å². The quantitative estimate of drug-likeness (QED) is 0.803. The maximum atomic E-state index is 3.71. The largest absolute Gasteiger partial charge is 0.372 e. The molecule has 1 saturated carbocycles. The van der Waals surface area contributed by atoms with E-state index in [4.69, 9.17) is 0 Å². The fourth-order valence-electron chi connectivity index (χ4n) is 2.49. The molecule has 0 aromatic heterocycles. The lowest BCUT2D eigenvalue weighted by molar-refractivity contribution is 0.591. The number of nitrogens with zero attached hydrogens (tertiary/aromatic N) is 1. The minimum Gasteiger partial charge on any atom is -0.372 e. The summed E-state index contributed by atoms with van der Waals surface area (Å²) in [5.74, 6) is 0. The van der Waals surface area contributed by atoms with Crippen LogP contribution < -0.4 is 10.2 Å². The van der Waals surface area contributed by atoms with E-state index in [9.17, 15) is 0 Å². The Balaban J connectivity index is 2.03. The standard InChI is InChI=1S/C16H25BrN2/c1-4-14(5-2)19(3)15-9-6-12(16(17)10-15)11-18-13-7-8-13/h6,9-10,13-14,18H,4-5,7-8,11H2,1-3H3. The summed E-state index contributed by atoms with van der Waals surface area (Å²) in [6.45, 7) is 5.49. The molecule has 1 aliphatic carbocycles. The molecule has 1 N–H and O–H groups in total. The summed E-state index contributed by atoms with van der Waals surface area (Å²) >= 11 is 3.71. The molecular weight excluding hydrogens is 300 g/mol. The fraction of sp³-hybridized carbons (Fsp3) is 0.625. The van der Waals surface area contributed by atoms with Crippen molar-refractivity contribution >= 4 is 21.6 Å². The molecule has 2 nitrogen and oxygen atoms in total. The lowest BCUT2D eigenvalue weighted by atomic mass is 10.1. The van der Waals surface area contributed by atoms with E-state index in [-0.39, 0.29) is 0 Å². The molecule has 0 atom stereocenters. The third-order valence-electron chi connectivity index (χ3n) is 4.09. The van der Waals surface area contributed by atoms with Crippen LogP contribution >= 0.6 is 15.9 Å². The zero-order chi connectivity index (χ0) is 13.8. The van der Waals surface area contributed by atoms with E-state index in [1.165, 1.54) is 41.4 Å². The highest BCUT2D eigenvalue weighted by Gasteiger charge is 2.20. The molecule has 0 heterocycles. The van der Waals surface area contributed by atoms with E-state index < -0.39 is 0 Å². The van der Waals surface area contributed by atoms with Crippen LogP contribution in [0.5, 0.6) is 0 Å². The van der Waals surface area contributed by atoms with E-state index in [0.29, 0.717) is 6.04 Å². The summed E-state index contributed by atoms with van der Waals surface area (Å²) in [5, 5.41) is 3.56. The van der Waals surface area contributed by atoms with Crippen LogP contribution in [0.1, 0.15) is 45.1 Å². The molecule has 0 radical (unpaired) electrons. The van der Waals surface area contributed by atoms with E-state index in [1.807, 2.05) is 0 Å². The van der Waals surface area contributed by atoms with Crippen LogP contribution in [-0.2, 0) is 6.54 Å². The molecular formula is C16H25BrN2. The smallest absolute Gasteiger partial charge is 0.0377 e. The molecule has 0 spiro atoms. The average Bonchev–Trinajstić information content (AvgIpc) is 3.22. The van der Waals surface area contributed by atoms with Gasteiger partial charge in [0.15, 0.2) is 0 Å². The van der Waals surface area contributed by atoms with Gasteiger partial charge in [-0.25, -0.2) is 0 Å². The van der Waals surface area contributed by atoms with E-state index in [0.717, 1.165) is 12.6 Å². The summed E-state index contributed by atoms with van der Waals surface area (Å²) in [6.07, 6.45) is 5.06. The molecule has 0 bridgehead atoms. The Bertz CT molecular complexity index is 411. The van der Waals surface area contributed by atoms with Crippen LogP contribution in [0.25, 0.3) is 0 Å². The van der Waals surface area contributed by atoms with Crippen molar-refractivity contribution in [1.82, 2.24) is 5.32 Å². The van der Waals surface area contributed by atoms with E-state index in [1.54, 1.807) is 0 Å².